The molecule has 0 heterocycles. The quantitative estimate of drug-likeness (QED) is 0.513. The summed E-state index contributed by atoms with van der Waals surface area (Å²) in [6.45, 7) is 3.40. The van der Waals surface area contributed by atoms with Crippen molar-refractivity contribution in [3.8, 4) is 11.8 Å². The molecule has 0 spiro atoms. The summed E-state index contributed by atoms with van der Waals surface area (Å²) in [5, 5.41) is 20.1. The number of para-hydroxylation sites is 1. The van der Waals surface area contributed by atoms with Crippen molar-refractivity contribution in [3.05, 3.63) is 28.3 Å². The smallest absolute Gasteiger partial charge is 0.333 e. The molecule has 0 aliphatic heterocycles. The summed E-state index contributed by atoms with van der Waals surface area (Å²) in [6.07, 6.45) is 0.278. The van der Waals surface area contributed by atoms with Crippen LogP contribution in [0.25, 0.3) is 0 Å². The molecule has 0 aliphatic carbocycles. The number of nitriles is 1. The van der Waals surface area contributed by atoms with E-state index in [2.05, 4.69) is 0 Å². The van der Waals surface area contributed by atoms with Crippen LogP contribution in [-0.4, -0.2) is 38.3 Å². The number of methoxy groups -OCH3 is 1. The number of benzene rings is 1. The number of hydrogen-bond donors (Lipinski definition) is 0. The first-order valence-electron chi connectivity index (χ1n) is 6.66. The maximum atomic E-state index is 11.4. The van der Waals surface area contributed by atoms with E-state index in [0.29, 0.717) is 32.0 Å². The van der Waals surface area contributed by atoms with Gasteiger partial charge in [0.1, 0.15) is 5.69 Å². The Morgan fingerprint density at radius 1 is 1.43 bits per heavy atom. The summed E-state index contributed by atoms with van der Waals surface area (Å²) in [5.74, 6) is 0.236. The summed E-state index contributed by atoms with van der Waals surface area (Å²) in [6, 6.07) is 6.99. The first-order valence-corrected chi connectivity index (χ1v) is 6.66. The molecule has 0 aliphatic rings. The molecule has 21 heavy (non-hydrogen) atoms. The van der Waals surface area contributed by atoms with E-state index in [1.165, 1.54) is 0 Å². The Kier molecular flexibility index (Phi) is 6.98. The largest absolute Gasteiger partial charge is 0.487 e. The lowest BCUT2D eigenvalue weighted by Gasteiger charge is -2.23. The number of hydrogen-bond acceptors (Lipinski definition) is 6. The topological polar surface area (TPSA) is 88.6 Å². The lowest BCUT2D eigenvalue weighted by atomic mass is 10.2. The van der Waals surface area contributed by atoms with E-state index in [4.69, 9.17) is 14.7 Å². The minimum atomic E-state index is -0.452. The molecule has 1 rings (SSSR count). The van der Waals surface area contributed by atoms with Crippen molar-refractivity contribution in [2.24, 2.45) is 0 Å². The number of nitrogens with zero attached hydrogens (tertiary/aromatic N) is 3. The molecule has 0 bridgehead atoms. The summed E-state index contributed by atoms with van der Waals surface area (Å²) < 4.78 is 10.4. The van der Waals surface area contributed by atoms with Gasteiger partial charge < -0.3 is 14.4 Å². The second kappa shape index (κ2) is 8.76. The van der Waals surface area contributed by atoms with Gasteiger partial charge in [-0.1, -0.05) is 6.07 Å². The highest BCUT2D eigenvalue weighted by molar-refractivity contribution is 5.69. The molecular formula is C14H19N3O4. The van der Waals surface area contributed by atoms with Crippen molar-refractivity contribution in [3.63, 3.8) is 0 Å². The Morgan fingerprint density at radius 2 is 2.19 bits per heavy atom. The van der Waals surface area contributed by atoms with Gasteiger partial charge in [0.25, 0.3) is 0 Å². The molecule has 0 fully saturated rings. The van der Waals surface area contributed by atoms with Gasteiger partial charge in [0.05, 0.1) is 30.6 Å². The van der Waals surface area contributed by atoms with Crippen LogP contribution in [0.3, 0.4) is 0 Å². The van der Waals surface area contributed by atoms with Crippen LogP contribution in [0.15, 0.2) is 18.2 Å². The summed E-state index contributed by atoms with van der Waals surface area (Å²) in [4.78, 5) is 12.7. The average Bonchev–Trinajstić information content (AvgIpc) is 2.47. The van der Waals surface area contributed by atoms with Gasteiger partial charge in [0, 0.05) is 20.2 Å². The van der Waals surface area contributed by atoms with E-state index in [9.17, 15) is 10.1 Å². The van der Waals surface area contributed by atoms with Gasteiger partial charge in [-0.25, -0.2) is 0 Å². The lowest BCUT2D eigenvalue weighted by Crippen LogP contribution is -2.29. The standard InChI is InChI=1S/C14H19N3O4/c1-3-21-13-7-4-6-12(14(13)17(18)19)16(9-5-8-15)10-11-20-2/h4,6-7H,3,5,9-11H2,1-2H3. The summed E-state index contributed by atoms with van der Waals surface area (Å²) in [7, 11) is 1.56. The van der Waals surface area contributed by atoms with Gasteiger partial charge in [-0.3, -0.25) is 10.1 Å². The normalized spacial score (nSPS) is 9.95. The van der Waals surface area contributed by atoms with Gasteiger partial charge in [0.2, 0.25) is 0 Å². The molecule has 0 unspecified atom stereocenters. The number of nitro benzene ring substituents is 1. The highest BCUT2D eigenvalue weighted by atomic mass is 16.6. The third kappa shape index (κ3) is 4.61. The molecule has 7 heteroatoms. The minimum Gasteiger partial charge on any atom is -0.487 e. The van der Waals surface area contributed by atoms with Crippen LogP contribution in [0.2, 0.25) is 0 Å². The van der Waals surface area contributed by atoms with Crippen LogP contribution >= 0.6 is 0 Å². The molecule has 0 atom stereocenters. The molecule has 0 saturated heterocycles. The molecule has 1 aromatic carbocycles. The van der Waals surface area contributed by atoms with Gasteiger partial charge in [-0.2, -0.15) is 5.26 Å². The third-order valence-corrected chi connectivity index (χ3v) is 2.86. The molecular weight excluding hydrogens is 274 g/mol. The number of anilines is 1. The predicted molar refractivity (Wildman–Crippen MR) is 78.6 cm³/mol. The highest BCUT2D eigenvalue weighted by Gasteiger charge is 2.24. The van der Waals surface area contributed by atoms with E-state index >= 15 is 0 Å². The van der Waals surface area contributed by atoms with Crippen molar-refractivity contribution in [2.75, 3.05) is 38.3 Å². The molecule has 0 amide bonds. The van der Waals surface area contributed by atoms with Gasteiger partial charge >= 0.3 is 5.69 Å². The third-order valence-electron chi connectivity index (χ3n) is 2.86. The average molecular weight is 293 g/mol. The van der Waals surface area contributed by atoms with E-state index in [1.54, 1.807) is 37.1 Å². The van der Waals surface area contributed by atoms with Crippen LogP contribution in [0.4, 0.5) is 11.4 Å². The van der Waals surface area contributed by atoms with E-state index in [-0.39, 0.29) is 17.9 Å². The van der Waals surface area contributed by atoms with E-state index in [0.717, 1.165) is 0 Å². The zero-order valence-electron chi connectivity index (χ0n) is 12.2. The van der Waals surface area contributed by atoms with Gasteiger partial charge in [0.15, 0.2) is 5.75 Å². The molecule has 0 radical (unpaired) electrons. The molecule has 0 saturated carbocycles. The molecule has 114 valence electrons. The zero-order valence-corrected chi connectivity index (χ0v) is 12.2. The van der Waals surface area contributed by atoms with Crippen LogP contribution in [0.5, 0.6) is 5.75 Å². The van der Waals surface area contributed by atoms with Crippen molar-refractivity contribution < 1.29 is 14.4 Å². The molecule has 1 aromatic rings. The second-order valence-electron chi connectivity index (χ2n) is 4.20. The molecule has 7 nitrogen and oxygen atoms in total. The Hall–Kier alpha value is -2.33. The van der Waals surface area contributed by atoms with Crippen molar-refractivity contribution in [1.29, 1.82) is 5.26 Å². The van der Waals surface area contributed by atoms with Crippen LogP contribution in [0, 0.1) is 21.4 Å². The van der Waals surface area contributed by atoms with Crippen molar-refractivity contribution in [1.82, 2.24) is 0 Å². The molecule has 0 N–H and O–H groups in total. The monoisotopic (exact) mass is 293 g/mol. The fourth-order valence-electron chi connectivity index (χ4n) is 1.96. The summed E-state index contributed by atoms with van der Waals surface area (Å²) >= 11 is 0. The fraction of sp³-hybridized carbons (Fsp3) is 0.500. The number of ether oxygens (including phenoxy) is 2. The minimum absolute atomic E-state index is 0.0756. The van der Waals surface area contributed by atoms with Crippen molar-refractivity contribution >= 4 is 11.4 Å². The number of rotatable bonds is 9. The lowest BCUT2D eigenvalue weighted by molar-refractivity contribution is -0.385. The van der Waals surface area contributed by atoms with Crippen LogP contribution in [-0.2, 0) is 4.74 Å². The number of nitro groups is 1. The van der Waals surface area contributed by atoms with Gasteiger partial charge in [-0.05, 0) is 19.1 Å². The van der Waals surface area contributed by atoms with E-state index < -0.39 is 4.92 Å². The maximum absolute atomic E-state index is 11.4. The predicted octanol–water partition coefficient (Wildman–Crippen LogP) is 2.36. The summed E-state index contributed by atoms with van der Waals surface area (Å²) in [5.41, 5.74) is 0.367. The van der Waals surface area contributed by atoms with E-state index in [1.807, 2.05) is 6.07 Å². The Balaban J connectivity index is 3.18. The van der Waals surface area contributed by atoms with Crippen molar-refractivity contribution in [2.45, 2.75) is 13.3 Å². The Bertz CT molecular complexity index is 513. The zero-order chi connectivity index (χ0) is 15.7. The molecule has 0 aromatic heterocycles. The second-order valence-corrected chi connectivity index (χ2v) is 4.20. The van der Waals surface area contributed by atoms with Gasteiger partial charge in [-0.15, -0.1) is 0 Å². The Morgan fingerprint density at radius 3 is 2.76 bits per heavy atom. The van der Waals surface area contributed by atoms with Crippen LogP contribution in [0.1, 0.15) is 13.3 Å². The van der Waals surface area contributed by atoms with Crippen LogP contribution < -0.4 is 9.64 Å². The first-order chi connectivity index (χ1) is 10.2. The SMILES string of the molecule is CCOc1cccc(N(CCC#N)CCOC)c1[N+](=O)[O-]. The maximum Gasteiger partial charge on any atom is 0.333 e. The first kappa shape index (κ1) is 16.7. The Labute approximate surface area is 123 Å². The fourth-order valence-corrected chi connectivity index (χ4v) is 1.96. The highest BCUT2D eigenvalue weighted by Crippen LogP contribution is 2.37.